The number of nitrogens with zero attached hydrogens (tertiary/aromatic N) is 5. The molecule has 0 amide bonds. The van der Waals surface area contributed by atoms with Crippen molar-refractivity contribution in [3.63, 3.8) is 0 Å². The lowest BCUT2D eigenvalue weighted by molar-refractivity contribution is -0.140. The molecule has 246 valence electrons. The summed E-state index contributed by atoms with van der Waals surface area (Å²) >= 11 is 2.87. The van der Waals surface area contributed by atoms with Crippen LogP contribution in [0.5, 0.6) is 0 Å². The average Bonchev–Trinajstić information content (AvgIpc) is 3.11. The Morgan fingerprint density at radius 3 is 2.06 bits per heavy atom. The number of anilines is 1. The molecule has 14 heteroatoms. The van der Waals surface area contributed by atoms with Gasteiger partial charge >= 0.3 is 5.97 Å². The van der Waals surface area contributed by atoms with Crippen molar-refractivity contribution in [1.29, 1.82) is 0 Å². The van der Waals surface area contributed by atoms with Crippen LogP contribution in [0.15, 0.2) is 82.1 Å². The predicted molar refractivity (Wildman–Crippen MR) is 181 cm³/mol. The van der Waals surface area contributed by atoms with E-state index in [9.17, 15) is 23.2 Å². The number of hydrogen-bond donors (Lipinski definition) is 1. The van der Waals surface area contributed by atoms with Gasteiger partial charge in [-0.1, -0.05) is 47.8 Å². The number of carbonyl (C=O) groups excluding carboxylic acids is 2. The fourth-order valence-electron chi connectivity index (χ4n) is 4.10. The van der Waals surface area contributed by atoms with Crippen LogP contribution in [0, 0.1) is 11.6 Å². The van der Waals surface area contributed by atoms with E-state index in [1.807, 2.05) is 18.6 Å². The molecule has 0 spiro atoms. The number of aryl methyl sites for hydroxylation is 2. The van der Waals surface area contributed by atoms with Crippen molar-refractivity contribution < 1.29 is 23.1 Å². The van der Waals surface area contributed by atoms with Crippen LogP contribution in [-0.4, -0.2) is 63.4 Å². The Balaban J connectivity index is 0.000000206. The maximum atomic E-state index is 13.0. The van der Waals surface area contributed by atoms with Crippen LogP contribution in [0.4, 0.5) is 14.6 Å². The molecule has 0 aliphatic rings. The second kappa shape index (κ2) is 18.5. The van der Waals surface area contributed by atoms with E-state index < -0.39 is 0 Å². The summed E-state index contributed by atoms with van der Waals surface area (Å²) in [6.07, 6.45) is 9.12. The Morgan fingerprint density at radius 2 is 1.51 bits per heavy atom. The molecule has 5 rings (SSSR count). The lowest BCUT2D eigenvalue weighted by Crippen LogP contribution is -2.22. The standard InChI is InChI=1S/C16H14FN3OS.C10H11FO2.C7H9N3OS/c1-20-14-12(9-18-16(19-14)22-2)8-11(15(20)21)7-10-3-5-13(17)6-4-10;1-13-10(12)7-4-8-2-5-9(11)6-3-8;1-8-6-5(4-11)3-9-7(10-6)12-2/h3-6,8-9H,7H2,1-2H3;2-3,5-6H,4,7H2,1H3;3-4H,1-2H3,(H,8,9,10). The third kappa shape index (κ3) is 11.0. The van der Waals surface area contributed by atoms with Gasteiger partial charge in [0, 0.05) is 50.3 Å². The lowest BCUT2D eigenvalue weighted by atomic mass is 10.1. The molecule has 0 aliphatic heterocycles. The second-order valence-corrected chi connectivity index (χ2v) is 11.3. The molecule has 5 aromatic rings. The Hall–Kier alpha value is -4.69. The lowest BCUT2D eigenvalue weighted by Gasteiger charge is -2.08. The molecule has 1 N–H and O–H groups in total. The highest BCUT2D eigenvalue weighted by molar-refractivity contribution is 7.98. The van der Waals surface area contributed by atoms with Gasteiger partial charge in [0.05, 0.1) is 12.7 Å². The van der Waals surface area contributed by atoms with Crippen LogP contribution >= 0.6 is 23.5 Å². The molecule has 3 heterocycles. The second-order valence-electron chi connectivity index (χ2n) is 9.70. The fourth-order valence-corrected chi connectivity index (χ4v) is 4.78. The predicted octanol–water partition coefficient (Wildman–Crippen LogP) is 5.76. The number of aromatic nitrogens is 5. The molecular weight excluding hydrogens is 647 g/mol. The van der Waals surface area contributed by atoms with Crippen molar-refractivity contribution in [2.45, 2.75) is 29.6 Å². The molecule has 0 saturated carbocycles. The van der Waals surface area contributed by atoms with Gasteiger partial charge in [-0.25, -0.2) is 28.7 Å². The molecule has 0 atom stereocenters. The number of thioether (sulfide) groups is 2. The zero-order chi connectivity index (χ0) is 34.3. The van der Waals surface area contributed by atoms with Crippen LogP contribution in [0.25, 0.3) is 11.0 Å². The first kappa shape index (κ1) is 36.8. The summed E-state index contributed by atoms with van der Waals surface area (Å²) in [5.74, 6) is -0.219. The maximum Gasteiger partial charge on any atom is 0.305 e. The highest BCUT2D eigenvalue weighted by Crippen LogP contribution is 2.17. The smallest absolute Gasteiger partial charge is 0.305 e. The number of hydrogen-bond acceptors (Lipinski definition) is 11. The summed E-state index contributed by atoms with van der Waals surface area (Å²) in [5.41, 5.74) is 3.47. The normalized spacial score (nSPS) is 10.3. The SMILES string of the molecule is CNc1nc(SC)ncc1C=O.COC(=O)CCc1ccc(F)cc1.CSc1ncc2cc(Cc3ccc(F)cc3)c(=O)n(C)c2n1. The first-order chi connectivity index (χ1) is 22.6. The van der Waals surface area contributed by atoms with Crippen LogP contribution in [0.2, 0.25) is 0 Å². The quantitative estimate of drug-likeness (QED) is 0.0883. The number of halogens is 2. The Bertz CT molecular complexity index is 1860. The van der Waals surface area contributed by atoms with Gasteiger partial charge in [0.25, 0.3) is 5.56 Å². The van der Waals surface area contributed by atoms with Crippen molar-refractivity contribution in [2.75, 3.05) is 32.0 Å². The molecule has 47 heavy (non-hydrogen) atoms. The molecule has 0 radical (unpaired) electrons. The van der Waals surface area contributed by atoms with E-state index in [0.29, 0.717) is 52.2 Å². The Morgan fingerprint density at radius 1 is 0.936 bits per heavy atom. The number of aldehydes is 1. The van der Waals surface area contributed by atoms with Crippen LogP contribution < -0.4 is 10.9 Å². The molecule has 0 saturated heterocycles. The highest BCUT2D eigenvalue weighted by atomic mass is 32.2. The summed E-state index contributed by atoms with van der Waals surface area (Å²) in [6, 6.07) is 14.1. The number of ether oxygens (including phenoxy) is 1. The number of esters is 1. The number of carbonyl (C=O) groups is 2. The number of methoxy groups -OCH3 is 1. The molecule has 10 nitrogen and oxygen atoms in total. The third-order valence-electron chi connectivity index (χ3n) is 6.59. The number of fused-ring (bicyclic) bond motifs is 1. The number of nitrogens with one attached hydrogen (secondary N) is 1. The van der Waals surface area contributed by atoms with Gasteiger partial charge in [0.2, 0.25) is 0 Å². The van der Waals surface area contributed by atoms with E-state index >= 15 is 0 Å². The van der Waals surface area contributed by atoms with Gasteiger partial charge in [0.1, 0.15) is 23.1 Å². The van der Waals surface area contributed by atoms with Crippen molar-refractivity contribution in [3.05, 3.63) is 111 Å². The molecule has 3 aromatic heterocycles. The monoisotopic (exact) mass is 680 g/mol. The highest BCUT2D eigenvalue weighted by Gasteiger charge is 2.10. The van der Waals surface area contributed by atoms with Crippen molar-refractivity contribution in [3.8, 4) is 0 Å². The maximum absolute atomic E-state index is 13.0. The molecular formula is C33H34F2N6O4S2. The number of benzene rings is 2. The summed E-state index contributed by atoms with van der Waals surface area (Å²) < 4.78 is 31.4. The van der Waals surface area contributed by atoms with Gasteiger partial charge in [-0.2, -0.15) is 0 Å². The fraction of sp³-hybridized carbons (Fsp3) is 0.242. The molecule has 2 aromatic carbocycles. The molecule has 0 unspecified atom stereocenters. The number of rotatable bonds is 9. The minimum atomic E-state index is -0.284. The van der Waals surface area contributed by atoms with Gasteiger partial charge in [-0.3, -0.25) is 19.0 Å². The van der Waals surface area contributed by atoms with E-state index in [2.05, 4.69) is 30.0 Å². The Labute approximate surface area is 279 Å². The van der Waals surface area contributed by atoms with E-state index in [1.54, 1.807) is 44.6 Å². The van der Waals surface area contributed by atoms with Crippen LogP contribution in [0.3, 0.4) is 0 Å². The zero-order valence-corrected chi connectivity index (χ0v) is 28.1. The minimum absolute atomic E-state index is 0.0948. The van der Waals surface area contributed by atoms with Gasteiger partial charge in [0.15, 0.2) is 16.6 Å². The minimum Gasteiger partial charge on any atom is -0.469 e. The van der Waals surface area contributed by atoms with Crippen molar-refractivity contribution >= 4 is 52.6 Å². The molecule has 0 fully saturated rings. The topological polar surface area (TPSA) is 129 Å². The van der Waals surface area contributed by atoms with Crippen LogP contribution in [-0.2, 0) is 29.4 Å². The van der Waals surface area contributed by atoms with E-state index in [1.165, 1.54) is 65.7 Å². The van der Waals surface area contributed by atoms with Gasteiger partial charge in [-0.05, 0) is 60.4 Å². The Kier molecular flexibility index (Phi) is 14.4. The van der Waals surface area contributed by atoms with Crippen molar-refractivity contribution in [1.82, 2.24) is 24.5 Å². The zero-order valence-electron chi connectivity index (χ0n) is 26.5. The summed E-state index contributed by atoms with van der Waals surface area (Å²) in [5, 5.41) is 4.93. The van der Waals surface area contributed by atoms with Gasteiger partial charge in [-0.15, -0.1) is 0 Å². The van der Waals surface area contributed by atoms with Crippen molar-refractivity contribution in [2.24, 2.45) is 7.05 Å². The van der Waals surface area contributed by atoms with Gasteiger partial charge < -0.3 is 10.1 Å². The molecule has 0 bridgehead atoms. The summed E-state index contributed by atoms with van der Waals surface area (Å²) in [4.78, 5) is 50.4. The summed E-state index contributed by atoms with van der Waals surface area (Å²) in [6.45, 7) is 0. The summed E-state index contributed by atoms with van der Waals surface area (Å²) in [7, 11) is 4.78. The molecule has 0 aliphatic carbocycles. The first-order valence-corrected chi connectivity index (χ1v) is 16.6. The average molecular weight is 681 g/mol. The third-order valence-corrected chi connectivity index (χ3v) is 7.71. The van der Waals surface area contributed by atoms with E-state index in [0.717, 1.165) is 22.8 Å². The van der Waals surface area contributed by atoms with E-state index in [-0.39, 0.29) is 23.2 Å². The van der Waals surface area contributed by atoms with E-state index in [4.69, 9.17) is 0 Å². The first-order valence-electron chi connectivity index (χ1n) is 14.1. The van der Waals surface area contributed by atoms with Crippen LogP contribution in [0.1, 0.15) is 33.5 Å². The number of pyridine rings is 1. The largest absolute Gasteiger partial charge is 0.469 e.